The second kappa shape index (κ2) is 7.96. The maximum atomic E-state index is 12.3. The Morgan fingerprint density at radius 2 is 2.00 bits per heavy atom. The van der Waals surface area contributed by atoms with Gasteiger partial charge in [-0.2, -0.15) is 0 Å². The number of rotatable bonds is 6. The highest BCUT2D eigenvalue weighted by atomic mass is 32.2. The van der Waals surface area contributed by atoms with Gasteiger partial charge in [-0.25, -0.2) is 13.4 Å². The molecule has 0 aliphatic carbocycles. The van der Waals surface area contributed by atoms with Crippen LogP contribution in [-0.4, -0.2) is 50.5 Å². The number of anilines is 2. The summed E-state index contributed by atoms with van der Waals surface area (Å²) in [6.07, 6.45) is 2.30. The number of nitrogens with zero attached hydrogens (tertiary/aromatic N) is 2. The Labute approximate surface area is 159 Å². The molecule has 7 nitrogen and oxygen atoms in total. The first-order valence-corrected chi connectivity index (χ1v) is 10.6. The lowest BCUT2D eigenvalue weighted by Crippen LogP contribution is -2.36. The van der Waals surface area contributed by atoms with Crippen LogP contribution < -0.4 is 15.0 Å². The van der Waals surface area contributed by atoms with Crippen LogP contribution in [0.3, 0.4) is 0 Å². The molecule has 2 aromatic rings. The molecular weight excluding hydrogens is 366 g/mol. The zero-order chi connectivity index (χ0) is 19.4. The molecule has 1 fully saturated rings. The first-order chi connectivity index (χ1) is 12.9. The van der Waals surface area contributed by atoms with E-state index in [4.69, 9.17) is 4.74 Å². The number of pyridine rings is 1. The fourth-order valence-electron chi connectivity index (χ4n) is 3.23. The van der Waals surface area contributed by atoms with E-state index in [2.05, 4.69) is 10.3 Å². The molecule has 1 aliphatic rings. The van der Waals surface area contributed by atoms with E-state index in [9.17, 15) is 13.2 Å². The average molecular weight is 389 g/mol. The third kappa shape index (κ3) is 4.57. The molecule has 1 atom stereocenters. The fourth-order valence-corrected chi connectivity index (χ4v) is 4.96. The fraction of sp³-hybridized carbons (Fsp3) is 0.368. The number of sulfone groups is 1. The predicted molar refractivity (Wildman–Crippen MR) is 105 cm³/mol. The molecular formula is C19H23N3O4S. The Hall–Kier alpha value is -2.61. The van der Waals surface area contributed by atoms with Gasteiger partial charge < -0.3 is 15.0 Å². The summed E-state index contributed by atoms with van der Waals surface area (Å²) in [6.45, 7) is 2.68. The summed E-state index contributed by atoms with van der Waals surface area (Å²) >= 11 is 0. The van der Waals surface area contributed by atoms with Gasteiger partial charge in [-0.1, -0.05) is 0 Å². The Balaban J connectivity index is 1.68. The number of hydrogen-bond acceptors (Lipinski definition) is 6. The van der Waals surface area contributed by atoms with Crippen LogP contribution in [0.1, 0.15) is 23.7 Å². The quantitative estimate of drug-likeness (QED) is 0.816. The number of methoxy groups -OCH3 is 1. The molecule has 27 heavy (non-hydrogen) atoms. The monoisotopic (exact) mass is 389 g/mol. The van der Waals surface area contributed by atoms with Gasteiger partial charge in [-0.3, -0.25) is 4.79 Å². The summed E-state index contributed by atoms with van der Waals surface area (Å²) in [5.41, 5.74) is 1.36. The molecule has 8 heteroatoms. The summed E-state index contributed by atoms with van der Waals surface area (Å²) < 4.78 is 28.6. The van der Waals surface area contributed by atoms with Crippen molar-refractivity contribution in [3.05, 3.63) is 48.2 Å². The van der Waals surface area contributed by atoms with Gasteiger partial charge in [-0.15, -0.1) is 0 Å². The zero-order valence-electron chi connectivity index (χ0n) is 15.4. The molecule has 0 spiro atoms. The lowest BCUT2D eigenvalue weighted by Gasteiger charge is -2.28. The van der Waals surface area contributed by atoms with Crippen molar-refractivity contribution in [2.24, 2.45) is 0 Å². The molecule has 1 unspecified atom stereocenters. The number of ether oxygens (including phenoxy) is 1. The van der Waals surface area contributed by atoms with E-state index >= 15 is 0 Å². The summed E-state index contributed by atoms with van der Waals surface area (Å²) in [6, 6.07) is 10.4. The number of aromatic nitrogens is 1. The zero-order valence-corrected chi connectivity index (χ0v) is 16.2. The Morgan fingerprint density at radius 1 is 1.26 bits per heavy atom. The van der Waals surface area contributed by atoms with Crippen molar-refractivity contribution >= 4 is 27.2 Å². The second-order valence-corrected chi connectivity index (χ2v) is 8.66. The first-order valence-electron chi connectivity index (χ1n) is 8.80. The van der Waals surface area contributed by atoms with Crippen molar-refractivity contribution in [2.75, 3.05) is 35.4 Å². The van der Waals surface area contributed by atoms with Crippen LogP contribution >= 0.6 is 0 Å². The van der Waals surface area contributed by atoms with Crippen molar-refractivity contribution in [2.45, 2.75) is 19.4 Å². The number of benzene rings is 1. The summed E-state index contributed by atoms with van der Waals surface area (Å²) in [5.74, 6) is 1.28. The molecule has 144 valence electrons. The van der Waals surface area contributed by atoms with Gasteiger partial charge >= 0.3 is 0 Å². The minimum absolute atomic E-state index is 0.0264. The van der Waals surface area contributed by atoms with E-state index in [0.717, 1.165) is 5.69 Å². The van der Waals surface area contributed by atoms with Crippen molar-refractivity contribution in [1.29, 1.82) is 0 Å². The molecule has 2 heterocycles. The van der Waals surface area contributed by atoms with E-state index < -0.39 is 9.84 Å². The molecule has 1 N–H and O–H groups in total. The van der Waals surface area contributed by atoms with Gasteiger partial charge in [0.2, 0.25) is 0 Å². The molecule has 1 amide bonds. The molecule has 0 radical (unpaired) electrons. The van der Waals surface area contributed by atoms with E-state index in [-0.39, 0.29) is 23.5 Å². The van der Waals surface area contributed by atoms with Gasteiger partial charge in [0.1, 0.15) is 11.6 Å². The third-order valence-corrected chi connectivity index (χ3v) is 6.41. The summed E-state index contributed by atoms with van der Waals surface area (Å²) in [4.78, 5) is 18.7. The lowest BCUT2D eigenvalue weighted by molar-refractivity contribution is 0.102. The maximum absolute atomic E-state index is 12.3. The van der Waals surface area contributed by atoms with Crippen LogP contribution in [0, 0.1) is 0 Å². The number of hydrogen-bond donors (Lipinski definition) is 1. The van der Waals surface area contributed by atoms with Gasteiger partial charge in [0, 0.05) is 18.2 Å². The number of nitrogens with one attached hydrogen (secondary N) is 1. The predicted octanol–water partition coefficient (Wildman–Crippen LogP) is 2.36. The highest BCUT2D eigenvalue weighted by Crippen LogP contribution is 2.24. The highest BCUT2D eigenvalue weighted by molar-refractivity contribution is 7.91. The molecule has 0 saturated carbocycles. The largest absolute Gasteiger partial charge is 0.497 e. The normalized spacial score (nSPS) is 18.1. The maximum Gasteiger partial charge on any atom is 0.256 e. The molecule has 1 aromatic heterocycles. The lowest BCUT2D eigenvalue weighted by atomic mass is 10.2. The van der Waals surface area contributed by atoms with Crippen molar-refractivity contribution in [3.8, 4) is 5.75 Å². The second-order valence-electron chi connectivity index (χ2n) is 6.43. The third-order valence-electron chi connectivity index (χ3n) is 4.66. The van der Waals surface area contributed by atoms with Crippen LogP contribution in [-0.2, 0) is 9.84 Å². The number of amides is 1. The molecule has 3 rings (SSSR count). The Morgan fingerprint density at radius 3 is 2.52 bits per heavy atom. The van der Waals surface area contributed by atoms with E-state index in [1.807, 2.05) is 17.9 Å². The molecule has 0 bridgehead atoms. The van der Waals surface area contributed by atoms with Crippen LogP contribution in [0.2, 0.25) is 0 Å². The van der Waals surface area contributed by atoms with Crippen molar-refractivity contribution < 1.29 is 17.9 Å². The highest BCUT2D eigenvalue weighted by Gasteiger charge is 2.31. The average Bonchev–Trinajstić information content (AvgIpc) is 3.03. The van der Waals surface area contributed by atoms with E-state index in [0.29, 0.717) is 30.1 Å². The molecule has 1 saturated heterocycles. The van der Waals surface area contributed by atoms with Crippen LogP contribution in [0.5, 0.6) is 5.75 Å². The topological polar surface area (TPSA) is 88.6 Å². The first kappa shape index (κ1) is 19.2. The standard InChI is InChI=1S/C19H23N3O4S/c1-3-22(16-10-11-27(24,25)13-16)15-6-9-18(20-12-15)21-19(23)14-4-7-17(26-2)8-5-14/h4-9,12,16H,3,10-11,13H2,1-2H3,(H,20,21,23). The summed E-state index contributed by atoms with van der Waals surface area (Å²) in [7, 11) is -1.38. The minimum atomic E-state index is -2.95. The Kier molecular flexibility index (Phi) is 5.65. The van der Waals surface area contributed by atoms with E-state index in [1.54, 1.807) is 43.6 Å². The van der Waals surface area contributed by atoms with Gasteiger partial charge in [0.15, 0.2) is 9.84 Å². The van der Waals surface area contributed by atoms with Crippen molar-refractivity contribution in [3.63, 3.8) is 0 Å². The smallest absolute Gasteiger partial charge is 0.256 e. The van der Waals surface area contributed by atoms with Crippen LogP contribution in [0.25, 0.3) is 0 Å². The number of carbonyl (C=O) groups is 1. The minimum Gasteiger partial charge on any atom is -0.497 e. The molecule has 1 aliphatic heterocycles. The summed E-state index contributed by atoms with van der Waals surface area (Å²) in [5, 5.41) is 2.76. The molecule has 1 aromatic carbocycles. The van der Waals surface area contributed by atoms with Crippen LogP contribution in [0.15, 0.2) is 42.6 Å². The van der Waals surface area contributed by atoms with Gasteiger partial charge in [0.05, 0.1) is 30.5 Å². The SMILES string of the molecule is CCN(c1ccc(NC(=O)c2ccc(OC)cc2)nc1)C1CCS(=O)(=O)C1. The Bertz CT molecular complexity index is 896. The van der Waals surface area contributed by atoms with Crippen LogP contribution in [0.4, 0.5) is 11.5 Å². The van der Waals surface area contributed by atoms with Gasteiger partial charge in [0.25, 0.3) is 5.91 Å². The van der Waals surface area contributed by atoms with Crippen molar-refractivity contribution in [1.82, 2.24) is 4.98 Å². The van der Waals surface area contributed by atoms with Gasteiger partial charge in [-0.05, 0) is 49.7 Å². The number of carbonyl (C=O) groups excluding carboxylic acids is 1. The van der Waals surface area contributed by atoms with E-state index in [1.165, 1.54) is 0 Å².